The number of rotatable bonds is 3. The summed E-state index contributed by atoms with van der Waals surface area (Å²) in [6.07, 6.45) is 4.14. The Balaban J connectivity index is 0.000000384. The van der Waals surface area contributed by atoms with Crippen LogP contribution in [0.4, 0.5) is 26.3 Å². The second-order valence-electron chi connectivity index (χ2n) is 10.1. The van der Waals surface area contributed by atoms with Gasteiger partial charge in [0.2, 0.25) is 5.91 Å². The number of hydrogen-bond donors (Lipinski definition) is 5. The Morgan fingerprint density at radius 1 is 0.953 bits per heavy atom. The lowest BCUT2D eigenvalue weighted by Crippen LogP contribution is -2.36. The molecule has 238 valence electrons. The summed E-state index contributed by atoms with van der Waals surface area (Å²) in [5.41, 5.74) is 9.38. The zero-order valence-corrected chi connectivity index (χ0v) is 23.0. The van der Waals surface area contributed by atoms with Gasteiger partial charge in [-0.25, -0.2) is 14.6 Å². The molecular weight excluding hydrogens is 586 g/mol. The monoisotopic (exact) mass is 620 g/mol. The molecule has 1 aromatic carbocycles. The first-order valence-corrected chi connectivity index (χ1v) is 13.5. The molecule has 2 aromatic rings. The van der Waals surface area contributed by atoms with Gasteiger partial charge in [0.15, 0.2) is 0 Å². The first-order chi connectivity index (χ1) is 20.1. The smallest absolute Gasteiger partial charge is 0.475 e. The van der Waals surface area contributed by atoms with Gasteiger partial charge in [-0.05, 0) is 69.4 Å². The summed E-state index contributed by atoms with van der Waals surface area (Å²) in [5.74, 6) is -3.84. The van der Waals surface area contributed by atoms with Crippen molar-refractivity contribution in [3.05, 3.63) is 54.0 Å². The maximum absolute atomic E-state index is 12.9. The molecule has 1 amide bonds. The number of carbonyl (C=O) groups excluding carboxylic acids is 1. The highest BCUT2D eigenvalue weighted by molar-refractivity contribution is 5.79. The van der Waals surface area contributed by atoms with Crippen LogP contribution in [0, 0.1) is 11.8 Å². The van der Waals surface area contributed by atoms with E-state index in [1.807, 2.05) is 6.20 Å². The number of nitrogens with one attached hydrogen (secondary N) is 2. The molecule has 1 aliphatic carbocycles. The lowest BCUT2D eigenvalue weighted by atomic mass is 9.81. The van der Waals surface area contributed by atoms with Crippen molar-refractivity contribution in [2.45, 2.75) is 69.8 Å². The SMILES string of the molecule is NCC1CCC(C(=O)N[C@H]2C/C=C/CCCc3ccccc3-c3cnc2[nH]3)CC1.O=C(O)C(F)(F)F.O=C(O)C(F)(F)F. The average Bonchev–Trinajstić information content (AvgIpc) is 3.44. The fourth-order valence-electron chi connectivity index (χ4n) is 4.60. The zero-order chi connectivity index (χ0) is 32.2. The van der Waals surface area contributed by atoms with E-state index in [4.69, 9.17) is 25.5 Å². The second-order valence-corrected chi connectivity index (χ2v) is 10.1. The molecule has 2 bridgehead atoms. The van der Waals surface area contributed by atoms with Gasteiger partial charge in [0.1, 0.15) is 5.82 Å². The highest BCUT2D eigenvalue weighted by atomic mass is 19.4. The standard InChI is InChI=1S/C24H32N4O.2C2HF3O2/c25-15-17-11-13-19(14-12-17)24(29)28-21-10-4-2-1-3-7-18-8-5-6-9-20(18)22-16-26-23(21)27-22;2*3-2(4,5)1(6)7/h2,4-6,8-9,16-17,19,21H,1,3,7,10-15,25H2,(H,26,27)(H,28,29);2*(H,6,7)/b4-2+;;/t17?,19?,21-;;/m0../s1. The summed E-state index contributed by atoms with van der Waals surface area (Å²) >= 11 is 0. The van der Waals surface area contributed by atoms with Gasteiger partial charge in [0.25, 0.3) is 0 Å². The molecule has 4 rings (SSSR count). The molecule has 1 aromatic heterocycles. The highest BCUT2D eigenvalue weighted by Crippen LogP contribution is 2.30. The van der Waals surface area contributed by atoms with Crippen LogP contribution in [0.3, 0.4) is 0 Å². The van der Waals surface area contributed by atoms with Crippen LogP contribution >= 0.6 is 0 Å². The van der Waals surface area contributed by atoms with Crippen LogP contribution in [0.15, 0.2) is 42.6 Å². The van der Waals surface area contributed by atoms with Crippen molar-refractivity contribution >= 4 is 17.8 Å². The van der Waals surface area contributed by atoms with Gasteiger partial charge in [0.05, 0.1) is 17.9 Å². The number of hydrogen-bond acceptors (Lipinski definition) is 5. The molecule has 1 fully saturated rings. The van der Waals surface area contributed by atoms with Gasteiger partial charge in [-0.2, -0.15) is 26.3 Å². The minimum absolute atomic E-state index is 0.0957. The van der Waals surface area contributed by atoms with Crippen molar-refractivity contribution < 1.29 is 50.9 Å². The summed E-state index contributed by atoms with van der Waals surface area (Å²) < 4.78 is 63.5. The van der Waals surface area contributed by atoms with Gasteiger partial charge >= 0.3 is 24.3 Å². The lowest BCUT2D eigenvalue weighted by molar-refractivity contribution is -0.193. The predicted octanol–water partition coefficient (Wildman–Crippen LogP) is 5.55. The molecular formula is C28H34F6N4O5. The summed E-state index contributed by atoms with van der Waals surface area (Å²) in [5, 5.41) is 17.5. The van der Waals surface area contributed by atoms with Crippen molar-refractivity contribution in [3.63, 3.8) is 0 Å². The molecule has 6 N–H and O–H groups in total. The molecule has 2 heterocycles. The van der Waals surface area contributed by atoms with Crippen LogP contribution in [-0.4, -0.2) is 56.9 Å². The number of nitrogens with zero attached hydrogens (tertiary/aromatic N) is 1. The first-order valence-electron chi connectivity index (χ1n) is 13.5. The van der Waals surface area contributed by atoms with E-state index in [2.05, 4.69) is 51.7 Å². The Hall–Kier alpha value is -3.88. The second kappa shape index (κ2) is 16.1. The van der Waals surface area contributed by atoms with Crippen molar-refractivity contribution in [2.24, 2.45) is 17.6 Å². The van der Waals surface area contributed by atoms with E-state index >= 15 is 0 Å². The lowest BCUT2D eigenvalue weighted by Gasteiger charge is -2.28. The highest BCUT2D eigenvalue weighted by Gasteiger charge is 2.39. The average molecular weight is 621 g/mol. The molecule has 0 unspecified atom stereocenters. The quantitative estimate of drug-likeness (QED) is 0.222. The normalized spacial score (nSPS) is 21.1. The van der Waals surface area contributed by atoms with Crippen LogP contribution in [0.2, 0.25) is 0 Å². The van der Waals surface area contributed by atoms with E-state index in [9.17, 15) is 31.1 Å². The molecule has 0 saturated heterocycles. The number of H-pyrrole nitrogens is 1. The predicted molar refractivity (Wildman–Crippen MR) is 143 cm³/mol. The number of halogens is 6. The summed E-state index contributed by atoms with van der Waals surface area (Å²) in [6.45, 7) is 0.735. The van der Waals surface area contributed by atoms with Gasteiger partial charge < -0.3 is 26.2 Å². The summed E-state index contributed by atoms with van der Waals surface area (Å²) in [6, 6.07) is 8.40. The largest absolute Gasteiger partial charge is 0.490 e. The Kier molecular flexibility index (Phi) is 13.2. The number of nitrogens with two attached hydrogens (primary N) is 1. The number of aryl methyl sites for hydroxylation is 1. The number of carboxylic acid groups (broad SMARTS) is 2. The van der Waals surface area contributed by atoms with Crippen LogP contribution < -0.4 is 11.1 Å². The van der Waals surface area contributed by atoms with Crippen molar-refractivity contribution in [1.82, 2.24) is 15.3 Å². The number of allylic oxidation sites excluding steroid dienone is 1. The van der Waals surface area contributed by atoms with E-state index in [1.165, 1.54) is 11.1 Å². The number of benzene rings is 1. The van der Waals surface area contributed by atoms with Crippen LogP contribution in [0.25, 0.3) is 11.3 Å². The van der Waals surface area contributed by atoms with Gasteiger partial charge in [-0.3, -0.25) is 4.79 Å². The third-order valence-corrected chi connectivity index (χ3v) is 6.94. The Labute approximate surface area is 243 Å². The zero-order valence-electron chi connectivity index (χ0n) is 23.0. The first kappa shape index (κ1) is 35.3. The molecule has 0 radical (unpaired) electrons. The van der Waals surface area contributed by atoms with Crippen LogP contribution in [-0.2, 0) is 20.8 Å². The molecule has 15 heteroatoms. The molecule has 2 aliphatic rings. The minimum Gasteiger partial charge on any atom is -0.475 e. The number of amides is 1. The number of carbonyl (C=O) groups is 3. The van der Waals surface area contributed by atoms with Crippen molar-refractivity contribution in [2.75, 3.05) is 6.54 Å². The molecule has 1 aliphatic heterocycles. The van der Waals surface area contributed by atoms with E-state index < -0.39 is 24.3 Å². The minimum atomic E-state index is -5.08. The number of imidazole rings is 1. The third-order valence-electron chi connectivity index (χ3n) is 6.94. The number of aliphatic carboxylic acids is 2. The molecule has 1 atom stereocenters. The maximum atomic E-state index is 12.9. The number of fused-ring (bicyclic) bond motifs is 4. The topological polar surface area (TPSA) is 158 Å². The molecule has 9 nitrogen and oxygen atoms in total. The number of aromatic amines is 1. The van der Waals surface area contributed by atoms with Gasteiger partial charge in [-0.15, -0.1) is 0 Å². The van der Waals surface area contributed by atoms with Gasteiger partial charge in [-0.1, -0.05) is 36.4 Å². The summed E-state index contributed by atoms with van der Waals surface area (Å²) in [4.78, 5) is 38.9. The van der Waals surface area contributed by atoms with E-state index in [-0.39, 0.29) is 17.9 Å². The van der Waals surface area contributed by atoms with E-state index in [1.54, 1.807) is 0 Å². The fraction of sp³-hybridized carbons (Fsp3) is 0.500. The Morgan fingerprint density at radius 3 is 2.09 bits per heavy atom. The summed E-state index contributed by atoms with van der Waals surface area (Å²) in [7, 11) is 0. The fourth-order valence-corrected chi connectivity index (χ4v) is 4.60. The van der Waals surface area contributed by atoms with E-state index in [0.717, 1.165) is 69.4 Å². The number of alkyl halides is 6. The maximum Gasteiger partial charge on any atom is 0.490 e. The molecule has 0 spiro atoms. The van der Waals surface area contributed by atoms with Gasteiger partial charge in [0, 0.05) is 11.5 Å². The number of aromatic nitrogens is 2. The van der Waals surface area contributed by atoms with E-state index in [0.29, 0.717) is 5.92 Å². The third kappa shape index (κ3) is 11.7. The van der Waals surface area contributed by atoms with Crippen LogP contribution in [0.5, 0.6) is 0 Å². The number of carboxylic acids is 2. The van der Waals surface area contributed by atoms with Crippen molar-refractivity contribution in [1.29, 1.82) is 0 Å². The van der Waals surface area contributed by atoms with Crippen LogP contribution in [0.1, 0.15) is 62.4 Å². The van der Waals surface area contributed by atoms with Crippen molar-refractivity contribution in [3.8, 4) is 11.3 Å². The Bertz CT molecular complexity index is 1210. The molecule has 1 saturated carbocycles. The molecule has 43 heavy (non-hydrogen) atoms. The Morgan fingerprint density at radius 2 is 1.53 bits per heavy atom.